The Balaban J connectivity index is 1.57. The van der Waals surface area contributed by atoms with Crippen LogP contribution in [0, 0.1) is 12.7 Å². The van der Waals surface area contributed by atoms with Crippen LogP contribution in [0.3, 0.4) is 0 Å². The number of anilines is 1. The molecule has 3 N–H and O–H groups in total. The van der Waals surface area contributed by atoms with E-state index in [1.807, 2.05) is 64.5 Å². The van der Waals surface area contributed by atoms with Crippen molar-refractivity contribution in [1.29, 1.82) is 0 Å². The first-order valence-corrected chi connectivity index (χ1v) is 12.7. The first-order valence-electron chi connectivity index (χ1n) is 12.7. The number of hydrogen-bond donors (Lipinski definition) is 3. The molecule has 198 valence electrons. The van der Waals surface area contributed by atoms with Crippen LogP contribution in [-0.4, -0.2) is 62.2 Å². The Morgan fingerprint density at radius 3 is 2.77 bits per heavy atom. The van der Waals surface area contributed by atoms with E-state index in [0.29, 0.717) is 40.5 Å². The molecule has 5 aromatic rings. The zero-order valence-electron chi connectivity index (χ0n) is 22.5. The van der Waals surface area contributed by atoms with Crippen LogP contribution in [0.1, 0.15) is 18.1 Å². The fourth-order valence-electron chi connectivity index (χ4n) is 4.41. The summed E-state index contributed by atoms with van der Waals surface area (Å²) in [5.41, 5.74) is 6.78. The fourth-order valence-corrected chi connectivity index (χ4v) is 4.41. The molecule has 0 aliphatic rings. The third-order valence-electron chi connectivity index (χ3n) is 6.37. The standard InChI is InChI=1S/C30H31FN8/c1-6-25-24(12-19(3)21-11-18(2)16-32-17-21)28(38-37-25)30-35-26-7-8-34-27(29(26)36-30)20-13-22(31)15-23(14-20)33-9-10-39(4)5/h6-8,11-17,33,37H,3,9-10H2,1-2,4-5H3,(H,35,36)/b24-12+,25-6+. The summed E-state index contributed by atoms with van der Waals surface area (Å²) in [6.45, 7) is 9.73. The van der Waals surface area contributed by atoms with Gasteiger partial charge in [0.05, 0.1) is 16.6 Å². The van der Waals surface area contributed by atoms with E-state index < -0.39 is 0 Å². The van der Waals surface area contributed by atoms with Crippen molar-refractivity contribution in [2.75, 3.05) is 32.5 Å². The summed E-state index contributed by atoms with van der Waals surface area (Å²) in [6.07, 6.45) is 9.24. The highest BCUT2D eigenvalue weighted by molar-refractivity contribution is 5.92. The molecule has 9 heteroatoms. The molecule has 0 aliphatic carbocycles. The number of nitrogens with zero attached hydrogens (tertiary/aromatic N) is 5. The lowest BCUT2D eigenvalue weighted by Gasteiger charge is -2.12. The van der Waals surface area contributed by atoms with Crippen LogP contribution < -0.4 is 15.9 Å². The molecule has 0 saturated heterocycles. The van der Waals surface area contributed by atoms with Crippen LogP contribution in [0.4, 0.5) is 10.1 Å². The van der Waals surface area contributed by atoms with Gasteiger partial charge in [0.1, 0.15) is 17.0 Å². The zero-order chi connectivity index (χ0) is 27.5. The molecular formula is C30H31FN8. The Bertz CT molecular complexity index is 1780. The number of pyridine rings is 2. The summed E-state index contributed by atoms with van der Waals surface area (Å²) in [5, 5.41) is 12.7. The highest BCUT2D eigenvalue weighted by atomic mass is 19.1. The molecule has 5 rings (SSSR count). The van der Waals surface area contributed by atoms with Crippen molar-refractivity contribution in [2.24, 2.45) is 0 Å². The average molecular weight is 523 g/mol. The molecule has 0 unspecified atom stereocenters. The maximum absolute atomic E-state index is 14.6. The SMILES string of the molecule is C=C(/C=c1/c(-c2nc3c(-c4cc(F)cc(NCCN(C)C)c4)nccc3[nH]2)n[nH]/c1=C/C)c1cncc(C)c1. The second-order valence-corrected chi connectivity index (χ2v) is 9.71. The number of aromatic amines is 2. The molecule has 0 saturated carbocycles. The van der Waals surface area contributed by atoms with Gasteiger partial charge in [0.15, 0.2) is 5.82 Å². The van der Waals surface area contributed by atoms with Crippen molar-refractivity contribution < 1.29 is 4.39 Å². The van der Waals surface area contributed by atoms with E-state index in [-0.39, 0.29) is 5.82 Å². The number of likely N-dealkylation sites (N-methyl/N-ethyl adjacent to an activating group) is 1. The summed E-state index contributed by atoms with van der Waals surface area (Å²) in [7, 11) is 4.00. The minimum atomic E-state index is -0.342. The van der Waals surface area contributed by atoms with Gasteiger partial charge in [-0.2, -0.15) is 5.10 Å². The number of nitrogens with one attached hydrogen (secondary N) is 3. The van der Waals surface area contributed by atoms with Crippen molar-refractivity contribution in [3.05, 3.63) is 83.0 Å². The normalized spacial score (nSPS) is 12.6. The number of benzene rings is 1. The van der Waals surface area contributed by atoms with Gasteiger partial charge in [0.25, 0.3) is 0 Å². The number of aromatic nitrogens is 6. The van der Waals surface area contributed by atoms with Gasteiger partial charge in [-0.1, -0.05) is 12.7 Å². The third kappa shape index (κ3) is 5.63. The number of H-pyrrole nitrogens is 2. The van der Waals surface area contributed by atoms with Crippen LogP contribution in [0.5, 0.6) is 0 Å². The molecule has 0 aliphatic heterocycles. The Kier molecular flexibility index (Phi) is 7.33. The van der Waals surface area contributed by atoms with Crippen molar-refractivity contribution >= 4 is 34.4 Å². The monoisotopic (exact) mass is 522 g/mol. The van der Waals surface area contributed by atoms with E-state index in [0.717, 1.165) is 39.3 Å². The number of allylic oxidation sites excluding steroid dienone is 1. The Morgan fingerprint density at radius 1 is 1.15 bits per heavy atom. The lowest BCUT2D eigenvalue weighted by Crippen LogP contribution is -2.23. The molecule has 4 heterocycles. The lowest BCUT2D eigenvalue weighted by atomic mass is 10.1. The lowest BCUT2D eigenvalue weighted by molar-refractivity contribution is 0.425. The number of fused-ring (bicyclic) bond motifs is 1. The smallest absolute Gasteiger partial charge is 0.159 e. The topological polar surface area (TPSA) is 98.4 Å². The van der Waals surface area contributed by atoms with Gasteiger partial charge in [-0.3, -0.25) is 15.1 Å². The Morgan fingerprint density at radius 2 is 2.00 bits per heavy atom. The molecule has 1 aromatic carbocycles. The van der Waals surface area contributed by atoms with Gasteiger partial charge in [0.2, 0.25) is 0 Å². The van der Waals surface area contributed by atoms with E-state index in [9.17, 15) is 4.39 Å². The second-order valence-electron chi connectivity index (χ2n) is 9.71. The van der Waals surface area contributed by atoms with Gasteiger partial charge in [-0.25, -0.2) is 9.37 Å². The van der Waals surface area contributed by atoms with Crippen LogP contribution in [0.15, 0.2) is 55.5 Å². The molecule has 8 nitrogen and oxygen atoms in total. The number of aryl methyl sites for hydroxylation is 1. The van der Waals surface area contributed by atoms with Gasteiger partial charge in [0, 0.05) is 48.1 Å². The van der Waals surface area contributed by atoms with Crippen LogP contribution in [-0.2, 0) is 0 Å². The molecule has 4 aromatic heterocycles. The van der Waals surface area contributed by atoms with Gasteiger partial charge in [-0.15, -0.1) is 0 Å². The number of hydrogen-bond acceptors (Lipinski definition) is 6. The van der Waals surface area contributed by atoms with E-state index in [1.54, 1.807) is 12.4 Å². The molecule has 39 heavy (non-hydrogen) atoms. The van der Waals surface area contributed by atoms with Gasteiger partial charge >= 0.3 is 0 Å². The van der Waals surface area contributed by atoms with E-state index in [4.69, 9.17) is 4.98 Å². The third-order valence-corrected chi connectivity index (χ3v) is 6.37. The van der Waals surface area contributed by atoms with Crippen molar-refractivity contribution in [3.63, 3.8) is 0 Å². The minimum Gasteiger partial charge on any atom is -0.384 e. The van der Waals surface area contributed by atoms with Gasteiger partial charge < -0.3 is 15.2 Å². The zero-order valence-corrected chi connectivity index (χ0v) is 22.5. The predicted molar refractivity (Wildman–Crippen MR) is 156 cm³/mol. The molecule has 0 atom stereocenters. The molecule has 0 bridgehead atoms. The summed E-state index contributed by atoms with van der Waals surface area (Å²) in [5.74, 6) is 0.233. The van der Waals surface area contributed by atoms with Crippen LogP contribution in [0.25, 0.3) is 51.5 Å². The molecule has 0 radical (unpaired) electrons. The summed E-state index contributed by atoms with van der Waals surface area (Å²) >= 11 is 0. The summed E-state index contributed by atoms with van der Waals surface area (Å²) < 4.78 is 14.6. The first-order chi connectivity index (χ1) is 18.8. The van der Waals surface area contributed by atoms with E-state index in [2.05, 4.69) is 41.9 Å². The van der Waals surface area contributed by atoms with Crippen molar-refractivity contribution in [1.82, 2.24) is 35.0 Å². The average Bonchev–Trinajstić information content (AvgIpc) is 3.51. The van der Waals surface area contributed by atoms with E-state index >= 15 is 0 Å². The first kappa shape index (κ1) is 26.0. The fraction of sp³-hybridized carbons (Fsp3) is 0.200. The summed E-state index contributed by atoms with van der Waals surface area (Å²) in [4.78, 5) is 19.2. The van der Waals surface area contributed by atoms with Crippen LogP contribution >= 0.6 is 0 Å². The largest absolute Gasteiger partial charge is 0.384 e. The van der Waals surface area contributed by atoms with Crippen LogP contribution in [0.2, 0.25) is 0 Å². The van der Waals surface area contributed by atoms with Crippen molar-refractivity contribution in [2.45, 2.75) is 13.8 Å². The maximum atomic E-state index is 14.6. The van der Waals surface area contributed by atoms with Gasteiger partial charge in [-0.05, 0) is 81.1 Å². The number of halogens is 1. The minimum absolute atomic E-state index is 0.342. The summed E-state index contributed by atoms with van der Waals surface area (Å²) in [6, 6.07) is 8.76. The molecule has 0 spiro atoms. The molecule has 0 fully saturated rings. The Hall–Kier alpha value is -4.63. The number of imidazole rings is 1. The molecule has 0 amide bonds. The highest BCUT2D eigenvalue weighted by Crippen LogP contribution is 2.29. The second kappa shape index (κ2) is 11.0. The Labute approximate surface area is 226 Å². The quantitative estimate of drug-likeness (QED) is 0.284. The molecular weight excluding hydrogens is 491 g/mol. The highest BCUT2D eigenvalue weighted by Gasteiger charge is 2.16. The predicted octanol–water partition coefficient (Wildman–Crippen LogP) is 4.13. The van der Waals surface area contributed by atoms with Crippen molar-refractivity contribution in [3.8, 4) is 22.8 Å². The van der Waals surface area contributed by atoms with E-state index in [1.165, 1.54) is 12.1 Å². The number of rotatable bonds is 8. The maximum Gasteiger partial charge on any atom is 0.159 e.